The molecular weight excluding hydrogens is 275 g/mol. The van der Waals surface area contributed by atoms with Gasteiger partial charge in [-0.1, -0.05) is 12.1 Å². The van der Waals surface area contributed by atoms with Crippen molar-refractivity contribution in [3.05, 3.63) is 29.3 Å². The minimum Gasteiger partial charge on any atom is -0.506 e. The zero-order chi connectivity index (χ0) is 13.7. The van der Waals surface area contributed by atoms with Crippen molar-refractivity contribution in [2.45, 2.75) is 19.1 Å². The Balaban J connectivity index is 0.00000324. The van der Waals surface area contributed by atoms with Gasteiger partial charge in [-0.25, -0.2) is 9.18 Å². The number of phenolic OH excluding ortho intramolecular Hbond substituents is 1. The van der Waals surface area contributed by atoms with Gasteiger partial charge in [-0.3, -0.25) is 0 Å². The van der Waals surface area contributed by atoms with Gasteiger partial charge >= 0.3 is 5.97 Å². The van der Waals surface area contributed by atoms with Crippen LogP contribution in [-0.4, -0.2) is 23.9 Å². The molecule has 1 rings (SSSR count). The smallest absolute Gasteiger partial charge is 0.342 e. The van der Waals surface area contributed by atoms with E-state index < -0.39 is 23.9 Å². The van der Waals surface area contributed by atoms with E-state index in [-0.39, 0.29) is 30.1 Å². The maximum atomic E-state index is 13.7. The molecule has 1 unspecified atom stereocenters. The van der Waals surface area contributed by atoms with Crippen LogP contribution in [0.4, 0.5) is 4.39 Å². The number of alkyl halides is 1. The average Bonchev–Trinajstić information content (AvgIpc) is 2.37. The molecular formula is C12H14ClFN2O3. The minimum absolute atomic E-state index is 0. The molecule has 1 aromatic carbocycles. The van der Waals surface area contributed by atoms with Crippen LogP contribution in [0.1, 0.15) is 24.1 Å². The second-order valence-corrected chi connectivity index (χ2v) is 3.53. The third kappa shape index (κ3) is 3.81. The first-order chi connectivity index (χ1) is 8.52. The zero-order valence-electron chi connectivity index (χ0n) is 10.2. The molecule has 0 aliphatic heterocycles. The first kappa shape index (κ1) is 17.2. The summed E-state index contributed by atoms with van der Waals surface area (Å²) in [6.45, 7) is 1.58. The van der Waals surface area contributed by atoms with E-state index in [0.29, 0.717) is 0 Å². The maximum Gasteiger partial charge on any atom is 0.342 e. The minimum atomic E-state index is -2.09. The third-order valence-electron chi connectivity index (χ3n) is 2.37. The van der Waals surface area contributed by atoms with E-state index in [2.05, 4.69) is 4.74 Å². The Kier molecular flexibility index (Phi) is 6.83. The van der Waals surface area contributed by atoms with Crippen molar-refractivity contribution < 1.29 is 19.0 Å². The number of hydrogen-bond acceptors (Lipinski definition) is 5. The monoisotopic (exact) mass is 288 g/mol. The molecule has 0 fully saturated rings. The van der Waals surface area contributed by atoms with Gasteiger partial charge < -0.3 is 15.6 Å². The Bertz CT molecular complexity index is 490. The number of halogens is 2. The molecule has 0 spiro atoms. The predicted molar refractivity (Wildman–Crippen MR) is 68.5 cm³/mol. The summed E-state index contributed by atoms with van der Waals surface area (Å²) in [6.07, 6.45) is -2.09. The highest BCUT2D eigenvalue weighted by Crippen LogP contribution is 2.29. The Hall–Kier alpha value is -1.84. The summed E-state index contributed by atoms with van der Waals surface area (Å²) >= 11 is 0. The highest BCUT2D eigenvalue weighted by atomic mass is 35.5. The van der Waals surface area contributed by atoms with Crippen LogP contribution in [-0.2, 0) is 9.53 Å². The molecule has 0 radical (unpaired) electrons. The molecule has 0 aliphatic carbocycles. The molecule has 0 saturated heterocycles. The molecule has 104 valence electrons. The Morgan fingerprint density at radius 2 is 2.26 bits per heavy atom. The van der Waals surface area contributed by atoms with Crippen molar-refractivity contribution in [1.29, 1.82) is 5.26 Å². The molecule has 0 heterocycles. The Labute approximate surface area is 116 Å². The number of hydrogen-bond donors (Lipinski definition) is 2. The van der Waals surface area contributed by atoms with Crippen molar-refractivity contribution in [2.24, 2.45) is 5.73 Å². The number of carbonyl (C=O) groups excluding carboxylic acids is 1. The van der Waals surface area contributed by atoms with Crippen molar-refractivity contribution in [3.8, 4) is 11.8 Å². The number of nitrogens with two attached hydrogens (primary N) is 1. The SMILES string of the molecule is CCOC(=O)C(F)[C@@H](N)c1cccc(C#N)c1O.Cl. The quantitative estimate of drug-likeness (QED) is 0.820. The number of esters is 1. The Morgan fingerprint density at radius 1 is 1.63 bits per heavy atom. The lowest BCUT2D eigenvalue weighted by atomic mass is 9.99. The fourth-order valence-corrected chi connectivity index (χ4v) is 1.45. The number of para-hydroxylation sites is 1. The standard InChI is InChI=1S/C12H13FN2O3.ClH/c1-2-18-12(17)9(13)10(15)8-5-3-4-7(6-14)11(8)16;/h3-5,9-10,16H,2,15H2,1H3;1H/t9?,10-;/m0./s1. The summed E-state index contributed by atoms with van der Waals surface area (Å²) in [5.74, 6) is -1.51. The van der Waals surface area contributed by atoms with Crippen molar-refractivity contribution in [3.63, 3.8) is 0 Å². The van der Waals surface area contributed by atoms with Gasteiger partial charge in [0, 0.05) is 5.56 Å². The molecule has 19 heavy (non-hydrogen) atoms. The fraction of sp³-hybridized carbons (Fsp3) is 0.333. The number of rotatable bonds is 4. The van der Waals surface area contributed by atoms with E-state index in [1.165, 1.54) is 18.2 Å². The zero-order valence-corrected chi connectivity index (χ0v) is 11.0. The lowest BCUT2D eigenvalue weighted by Gasteiger charge is -2.17. The number of phenols is 1. The second-order valence-electron chi connectivity index (χ2n) is 3.53. The van der Waals surface area contributed by atoms with E-state index in [1.807, 2.05) is 0 Å². The van der Waals surface area contributed by atoms with Gasteiger partial charge in [-0.15, -0.1) is 12.4 Å². The highest BCUT2D eigenvalue weighted by molar-refractivity contribution is 5.85. The van der Waals surface area contributed by atoms with E-state index in [0.717, 1.165) is 0 Å². The molecule has 0 aromatic heterocycles. The molecule has 0 saturated carbocycles. The van der Waals surface area contributed by atoms with Crippen molar-refractivity contribution in [1.82, 2.24) is 0 Å². The van der Waals surface area contributed by atoms with Crippen molar-refractivity contribution in [2.75, 3.05) is 6.61 Å². The van der Waals surface area contributed by atoms with E-state index in [4.69, 9.17) is 11.0 Å². The van der Waals surface area contributed by atoms with Gasteiger partial charge in [0.15, 0.2) is 0 Å². The summed E-state index contributed by atoms with van der Waals surface area (Å²) in [5.41, 5.74) is 5.52. The van der Waals surface area contributed by atoms with Crippen LogP contribution in [0, 0.1) is 11.3 Å². The molecule has 0 amide bonds. The lowest BCUT2D eigenvalue weighted by Crippen LogP contribution is -2.31. The molecule has 2 atom stereocenters. The fourth-order valence-electron chi connectivity index (χ4n) is 1.45. The molecule has 1 aromatic rings. The number of nitriles is 1. The van der Waals surface area contributed by atoms with Gasteiger partial charge in [-0.05, 0) is 13.0 Å². The van der Waals surface area contributed by atoms with Gasteiger partial charge in [0.2, 0.25) is 6.17 Å². The van der Waals surface area contributed by atoms with Crippen molar-refractivity contribution >= 4 is 18.4 Å². The molecule has 0 aliphatic rings. The van der Waals surface area contributed by atoms with E-state index in [1.54, 1.807) is 13.0 Å². The number of carbonyl (C=O) groups is 1. The molecule has 5 nitrogen and oxygen atoms in total. The summed E-state index contributed by atoms with van der Waals surface area (Å²) in [7, 11) is 0. The number of ether oxygens (including phenoxy) is 1. The van der Waals surface area contributed by atoms with Gasteiger partial charge in [-0.2, -0.15) is 5.26 Å². The first-order valence-corrected chi connectivity index (χ1v) is 5.31. The summed E-state index contributed by atoms with van der Waals surface area (Å²) in [4.78, 5) is 11.2. The number of aromatic hydroxyl groups is 1. The Morgan fingerprint density at radius 3 is 2.79 bits per heavy atom. The van der Waals surface area contributed by atoms with Gasteiger partial charge in [0.1, 0.15) is 11.8 Å². The first-order valence-electron chi connectivity index (χ1n) is 5.31. The van der Waals surface area contributed by atoms with Crippen LogP contribution in [0.5, 0.6) is 5.75 Å². The molecule has 3 N–H and O–H groups in total. The van der Waals surface area contributed by atoms with Gasteiger partial charge in [0.05, 0.1) is 18.2 Å². The van der Waals surface area contributed by atoms with Crippen LogP contribution in [0.2, 0.25) is 0 Å². The average molecular weight is 289 g/mol. The molecule has 7 heteroatoms. The molecule has 0 bridgehead atoms. The van der Waals surface area contributed by atoms with Crippen LogP contribution in [0.25, 0.3) is 0 Å². The summed E-state index contributed by atoms with van der Waals surface area (Å²) in [5, 5.41) is 18.4. The normalized spacial score (nSPS) is 12.7. The van der Waals surface area contributed by atoms with Gasteiger partial charge in [0.25, 0.3) is 0 Å². The van der Waals surface area contributed by atoms with E-state index in [9.17, 15) is 14.3 Å². The topological polar surface area (TPSA) is 96.3 Å². The van der Waals surface area contributed by atoms with Crippen LogP contribution >= 0.6 is 12.4 Å². The van der Waals surface area contributed by atoms with E-state index >= 15 is 0 Å². The number of nitrogens with zero attached hydrogens (tertiary/aromatic N) is 1. The number of benzene rings is 1. The van der Waals surface area contributed by atoms with Crippen LogP contribution in [0.15, 0.2) is 18.2 Å². The highest BCUT2D eigenvalue weighted by Gasteiger charge is 2.30. The van der Waals surface area contributed by atoms with Crippen LogP contribution in [0.3, 0.4) is 0 Å². The second kappa shape index (κ2) is 7.56. The summed E-state index contributed by atoms with van der Waals surface area (Å²) in [6, 6.07) is 4.53. The lowest BCUT2D eigenvalue weighted by molar-refractivity contribution is -0.149. The maximum absolute atomic E-state index is 13.7. The predicted octanol–water partition coefficient (Wildman–Crippen LogP) is 1.59. The largest absolute Gasteiger partial charge is 0.506 e. The van der Waals surface area contributed by atoms with Crippen LogP contribution < -0.4 is 5.73 Å². The summed E-state index contributed by atoms with van der Waals surface area (Å²) < 4.78 is 18.2. The third-order valence-corrected chi connectivity index (χ3v) is 2.37.